The Bertz CT molecular complexity index is 924. The van der Waals surface area contributed by atoms with Crippen molar-refractivity contribution in [2.75, 3.05) is 51.3 Å². The number of hydrogen-bond acceptors (Lipinski definition) is 4. The number of carbonyl (C=O) groups excluding carboxylic acids is 2. The maximum atomic E-state index is 13.2. The number of rotatable bonds is 5. The van der Waals surface area contributed by atoms with Crippen LogP contribution in [0.5, 0.6) is 5.75 Å². The number of nitrogens with zero attached hydrogens (tertiary/aromatic N) is 3. The molecule has 0 N–H and O–H groups in total. The summed E-state index contributed by atoms with van der Waals surface area (Å²) in [5.41, 5.74) is 1.92. The Labute approximate surface area is 188 Å². The van der Waals surface area contributed by atoms with E-state index in [1.807, 2.05) is 29.2 Å². The molecule has 2 heterocycles. The fourth-order valence-electron chi connectivity index (χ4n) is 4.53. The van der Waals surface area contributed by atoms with Crippen LogP contribution in [0.25, 0.3) is 0 Å². The summed E-state index contributed by atoms with van der Waals surface area (Å²) in [6.07, 6.45) is 1.89. The summed E-state index contributed by atoms with van der Waals surface area (Å²) in [6, 6.07) is 14.0. The first-order chi connectivity index (χ1) is 15.5. The van der Waals surface area contributed by atoms with Crippen molar-refractivity contribution in [2.24, 2.45) is 5.92 Å². The summed E-state index contributed by atoms with van der Waals surface area (Å²) < 4.78 is 18.3. The summed E-state index contributed by atoms with van der Waals surface area (Å²) in [5, 5.41) is 0. The number of carbonyl (C=O) groups is 2. The van der Waals surface area contributed by atoms with Crippen LogP contribution >= 0.6 is 0 Å². The fourth-order valence-corrected chi connectivity index (χ4v) is 4.53. The van der Waals surface area contributed by atoms with Gasteiger partial charge in [0.25, 0.3) is 0 Å². The molecule has 2 saturated heterocycles. The van der Waals surface area contributed by atoms with Gasteiger partial charge in [0.1, 0.15) is 11.6 Å². The van der Waals surface area contributed by atoms with Crippen molar-refractivity contribution in [3.8, 4) is 5.75 Å². The third-order valence-corrected chi connectivity index (χ3v) is 6.42. The van der Waals surface area contributed by atoms with Crippen molar-refractivity contribution in [3.05, 3.63) is 59.9 Å². The van der Waals surface area contributed by atoms with E-state index in [1.54, 1.807) is 24.1 Å². The molecule has 2 aromatic rings. The first-order valence-electron chi connectivity index (χ1n) is 11.2. The topological polar surface area (TPSA) is 53.1 Å². The lowest BCUT2D eigenvalue weighted by Crippen LogP contribution is -2.53. The van der Waals surface area contributed by atoms with E-state index in [2.05, 4.69) is 4.90 Å². The van der Waals surface area contributed by atoms with E-state index in [9.17, 15) is 14.0 Å². The fraction of sp³-hybridized carbons (Fsp3) is 0.440. The molecule has 0 aliphatic carbocycles. The SMILES string of the molecule is COc1ccc(N2CCN(C(=O)C3CCCN(C(=O)Cc4ccc(F)cc4)C3)CC2)cc1. The minimum Gasteiger partial charge on any atom is -0.497 e. The summed E-state index contributed by atoms with van der Waals surface area (Å²) in [5.74, 6) is 0.529. The van der Waals surface area contributed by atoms with Gasteiger partial charge >= 0.3 is 0 Å². The monoisotopic (exact) mass is 439 g/mol. The molecule has 32 heavy (non-hydrogen) atoms. The van der Waals surface area contributed by atoms with Gasteiger partial charge in [0, 0.05) is 45.0 Å². The molecule has 2 aliphatic heterocycles. The van der Waals surface area contributed by atoms with Crippen LogP contribution in [0.4, 0.5) is 10.1 Å². The van der Waals surface area contributed by atoms with E-state index in [4.69, 9.17) is 4.74 Å². The Kier molecular flexibility index (Phi) is 6.93. The lowest BCUT2D eigenvalue weighted by Gasteiger charge is -2.39. The normalized spacial score (nSPS) is 19.1. The van der Waals surface area contributed by atoms with Gasteiger partial charge in [0.15, 0.2) is 0 Å². The number of anilines is 1. The molecule has 4 rings (SSSR count). The number of hydrogen-bond donors (Lipinski definition) is 0. The zero-order valence-corrected chi connectivity index (χ0v) is 18.5. The molecule has 2 fully saturated rings. The standard InChI is InChI=1S/C25H30FN3O3/c1-32-23-10-8-22(9-11-23)27-13-15-28(16-14-27)25(31)20-3-2-12-29(18-20)24(30)17-19-4-6-21(26)7-5-19/h4-11,20H,2-3,12-18H2,1H3. The molecule has 1 unspecified atom stereocenters. The maximum absolute atomic E-state index is 13.2. The molecular weight excluding hydrogens is 409 g/mol. The van der Waals surface area contributed by atoms with Crippen LogP contribution in [0, 0.1) is 11.7 Å². The highest BCUT2D eigenvalue weighted by atomic mass is 19.1. The lowest BCUT2D eigenvalue weighted by molar-refractivity contribution is -0.140. The summed E-state index contributed by atoms with van der Waals surface area (Å²) in [7, 11) is 1.65. The molecular formula is C25H30FN3O3. The predicted molar refractivity (Wildman–Crippen MR) is 121 cm³/mol. The number of amides is 2. The quantitative estimate of drug-likeness (QED) is 0.719. The van der Waals surface area contributed by atoms with E-state index in [-0.39, 0.29) is 30.0 Å². The van der Waals surface area contributed by atoms with Gasteiger partial charge in [-0.1, -0.05) is 12.1 Å². The number of benzene rings is 2. The minimum absolute atomic E-state index is 0.00145. The van der Waals surface area contributed by atoms with Gasteiger partial charge < -0.3 is 19.4 Å². The van der Waals surface area contributed by atoms with Crippen LogP contribution in [0.15, 0.2) is 48.5 Å². The van der Waals surface area contributed by atoms with Gasteiger partial charge in [-0.25, -0.2) is 4.39 Å². The second-order valence-corrected chi connectivity index (χ2v) is 8.49. The second kappa shape index (κ2) is 10.0. The molecule has 0 spiro atoms. The molecule has 1 atom stereocenters. The number of piperidine rings is 1. The van der Waals surface area contributed by atoms with Gasteiger partial charge in [-0.3, -0.25) is 9.59 Å². The lowest BCUT2D eigenvalue weighted by atomic mass is 9.95. The van der Waals surface area contributed by atoms with Crippen LogP contribution in [0.3, 0.4) is 0 Å². The van der Waals surface area contributed by atoms with E-state index in [0.717, 1.165) is 42.9 Å². The van der Waals surface area contributed by atoms with Crippen LogP contribution < -0.4 is 9.64 Å². The predicted octanol–water partition coefficient (Wildman–Crippen LogP) is 2.96. The zero-order chi connectivity index (χ0) is 22.5. The average molecular weight is 440 g/mol. The van der Waals surface area contributed by atoms with E-state index < -0.39 is 0 Å². The smallest absolute Gasteiger partial charge is 0.227 e. The molecule has 0 radical (unpaired) electrons. The average Bonchev–Trinajstić information content (AvgIpc) is 2.85. The number of piperazine rings is 1. The molecule has 0 saturated carbocycles. The summed E-state index contributed by atoms with van der Waals surface area (Å²) >= 11 is 0. The van der Waals surface area contributed by atoms with Gasteiger partial charge in [-0.05, 0) is 54.8 Å². The van der Waals surface area contributed by atoms with E-state index >= 15 is 0 Å². The Hall–Kier alpha value is -3.09. The Balaban J connectivity index is 1.29. The number of halogens is 1. The van der Waals surface area contributed by atoms with Crippen molar-refractivity contribution in [1.29, 1.82) is 0 Å². The molecule has 0 aromatic heterocycles. The second-order valence-electron chi connectivity index (χ2n) is 8.49. The third-order valence-electron chi connectivity index (χ3n) is 6.42. The van der Waals surface area contributed by atoms with E-state index in [0.29, 0.717) is 26.2 Å². The minimum atomic E-state index is -0.308. The first kappa shape index (κ1) is 22.1. The number of ether oxygens (including phenoxy) is 1. The molecule has 7 heteroatoms. The molecule has 0 bridgehead atoms. The Morgan fingerprint density at radius 1 is 0.938 bits per heavy atom. The Morgan fingerprint density at radius 3 is 2.28 bits per heavy atom. The largest absolute Gasteiger partial charge is 0.497 e. The third kappa shape index (κ3) is 5.21. The summed E-state index contributed by atoms with van der Waals surface area (Å²) in [6.45, 7) is 4.10. The maximum Gasteiger partial charge on any atom is 0.227 e. The zero-order valence-electron chi connectivity index (χ0n) is 18.5. The molecule has 2 amide bonds. The van der Waals surface area contributed by atoms with Crippen LogP contribution in [0.2, 0.25) is 0 Å². The molecule has 6 nitrogen and oxygen atoms in total. The van der Waals surface area contributed by atoms with Crippen molar-refractivity contribution in [3.63, 3.8) is 0 Å². The van der Waals surface area contributed by atoms with Gasteiger partial charge in [0.05, 0.1) is 19.4 Å². The molecule has 2 aliphatic rings. The molecule has 2 aromatic carbocycles. The number of methoxy groups -OCH3 is 1. The Morgan fingerprint density at radius 2 is 1.62 bits per heavy atom. The van der Waals surface area contributed by atoms with Crippen LogP contribution in [0.1, 0.15) is 18.4 Å². The molecule has 170 valence electrons. The summed E-state index contributed by atoms with van der Waals surface area (Å²) in [4.78, 5) is 31.9. The highest BCUT2D eigenvalue weighted by Crippen LogP contribution is 2.23. The van der Waals surface area contributed by atoms with Crippen molar-refractivity contribution in [2.45, 2.75) is 19.3 Å². The van der Waals surface area contributed by atoms with E-state index in [1.165, 1.54) is 12.1 Å². The highest BCUT2D eigenvalue weighted by molar-refractivity contribution is 5.82. The van der Waals surface area contributed by atoms with Crippen molar-refractivity contribution in [1.82, 2.24) is 9.80 Å². The van der Waals surface area contributed by atoms with Crippen molar-refractivity contribution < 1.29 is 18.7 Å². The van der Waals surface area contributed by atoms with Gasteiger partial charge in [0.2, 0.25) is 11.8 Å². The number of likely N-dealkylation sites (tertiary alicyclic amines) is 1. The van der Waals surface area contributed by atoms with Crippen LogP contribution in [-0.4, -0.2) is 68.0 Å². The van der Waals surface area contributed by atoms with Crippen molar-refractivity contribution >= 4 is 17.5 Å². The van der Waals surface area contributed by atoms with Crippen LogP contribution in [-0.2, 0) is 16.0 Å². The highest BCUT2D eigenvalue weighted by Gasteiger charge is 2.32. The first-order valence-corrected chi connectivity index (χ1v) is 11.2. The van der Waals surface area contributed by atoms with Gasteiger partial charge in [-0.15, -0.1) is 0 Å². The van der Waals surface area contributed by atoms with Gasteiger partial charge in [-0.2, -0.15) is 0 Å².